The first kappa shape index (κ1) is 16.0. The molecule has 3 nitrogen and oxygen atoms in total. The Morgan fingerprint density at radius 2 is 1.30 bits per heavy atom. The zero-order valence-electron chi connectivity index (χ0n) is 15.8. The zero-order valence-corrected chi connectivity index (χ0v) is 15.8. The highest BCUT2D eigenvalue weighted by Gasteiger charge is 2.43. The van der Waals surface area contributed by atoms with Gasteiger partial charge in [0.25, 0.3) is 6.71 Å². The average molecular weight is 351 g/mol. The summed E-state index contributed by atoms with van der Waals surface area (Å²) >= 11 is 0. The van der Waals surface area contributed by atoms with Crippen LogP contribution in [0.5, 0.6) is 23.0 Å². The molecule has 0 bridgehead atoms. The van der Waals surface area contributed by atoms with Gasteiger partial charge in [-0.25, -0.2) is 0 Å². The molecule has 5 rings (SSSR count). The third kappa shape index (κ3) is 1.97. The number of nitriles is 1. The van der Waals surface area contributed by atoms with Gasteiger partial charge in [-0.15, -0.1) is 0 Å². The van der Waals surface area contributed by atoms with E-state index < -0.39 is 0 Å². The lowest BCUT2D eigenvalue weighted by atomic mass is 9.34. The number of benzene rings is 3. The molecule has 0 amide bonds. The van der Waals surface area contributed by atoms with Crippen molar-refractivity contribution in [3.8, 4) is 29.1 Å². The Kier molecular flexibility index (Phi) is 3.21. The summed E-state index contributed by atoms with van der Waals surface area (Å²) in [6.45, 7) is 8.13. The van der Waals surface area contributed by atoms with Gasteiger partial charge in [0.1, 0.15) is 29.1 Å². The predicted molar refractivity (Wildman–Crippen MR) is 108 cm³/mol. The molecular formula is C23H18BNO2. The molecule has 0 aromatic heterocycles. The lowest BCUT2D eigenvalue weighted by Crippen LogP contribution is -2.58. The number of nitrogens with zero attached hydrogens (tertiary/aromatic N) is 1. The fourth-order valence-corrected chi connectivity index (χ4v) is 4.37. The number of rotatable bonds is 0. The topological polar surface area (TPSA) is 42.2 Å². The first-order chi connectivity index (χ1) is 13.0. The molecule has 2 aliphatic rings. The summed E-state index contributed by atoms with van der Waals surface area (Å²) < 4.78 is 12.8. The van der Waals surface area contributed by atoms with E-state index in [0.29, 0.717) is 11.3 Å². The number of hydrogen-bond donors (Lipinski definition) is 0. The minimum absolute atomic E-state index is 0.00806. The number of hydrogen-bond acceptors (Lipinski definition) is 3. The first-order valence-electron chi connectivity index (χ1n) is 9.14. The van der Waals surface area contributed by atoms with E-state index in [1.807, 2.05) is 26.8 Å². The summed E-state index contributed by atoms with van der Waals surface area (Å²) in [7, 11) is 0. The van der Waals surface area contributed by atoms with Crippen LogP contribution in [0.15, 0.2) is 36.4 Å². The minimum atomic E-state index is 0.00806. The van der Waals surface area contributed by atoms with Crippen LogP contribution in [0.1, 0.15) is 27.8 Å². The van der Waals surface area contributed by atoms with Crippen LogP contribution >= 0.6 is 0 Å². The molecule has 0 N–H and O–H groups in total. The quantitative estimate of drug-likeness (QED) is 0.401. The Balaban J connectivity index is 1.96. The number of ether oxygens (including phenoxy) is 2. The first-order valence-corrected chi connectivity index (χ1v) is 9.14. The fraction of sp³-hybridized carbons (Fsp3) is 0.174. The molecule has 130 valence electrons. The van der Waals surface area contributed by atoms with E-state index in [-0.39, 0.29) is 6.71 Å². The van der Waals surface area contributed by atoms with E-state index in [9.17, 15) is 5.26 Å². The molecule has 0 saturated heterocycles. The second-order valence-electron chi connectivity index (χ2n) is 7.43. The van der Waals surface area contributed by atoms with Gasteiger partial charge in [0.15, 0.2) is 0 Å². The molecule has 2 heterocycles. The summed E-state index contributed by atoms with van der Waals surface area (Å²) in [6, 6.07) is 14.9. The van der Waals surface area contributed by atoms with E-state index in [2.05, 4.69) is 43.3 Å². The molecule has 0 spiro atoms. The maximum atomic E-state index is 9.85. The molecule has 0 radical (unpaired) electrons. The maximum absolute atomic E-state index is 9.85. The molecule has 3 aromatic carbocycles. The van der Waals surface area contributed by atoms with Gasteiger partial charge in [-0.2, -0.15) is 5.26 Å². The van der Waals surface area contributed by atoms with E-state index in [1.54, 1.807) is 0 Å². The summed E-state index contributed by atoms with van der Waals surface area (Å²) in [5.74, 6) is 3.26. The van der Waals surface area contributed by atoms with E-state index in [0.717, 1.165) is 55.9 Å². The molecule has 0 unspecified atom stereocenters. The SMILES string of the molecule is Cc1cccc2c1Oc1c(C)c(C)c(C#N)c3c1B2c1cccc(C)c1O3. The van der Waals surface area contributed by atoms with Gasteiger partial charge in [-0.05, 0) is 60.9 Å². The number of fused-ring (bicyclic) bond motifs is 4. The van der Waals surface area contributed by atoms with Crippen molar-refractivity contribution >= 4 is 23.1 Å². The normalized spacial score (nSPS) is 12.9. The van der Waals surface area contributed by atoms with Crippen molar-refractivity contribution in [3.05, 3.63) is 64.2 Å². The minimum Gasteiger partial charge on any atom is -0.458 e. The Bertz CT molecular complexity index is 1180. The molecule has 0 atom stereocenters. The third-order valence-electron chi connectivity index (χ3n) is 5.91. The molecule has 3 aromatic rings. The van der Waals surface area contributed by atoms with E-state index in [1.165, 1.54) is 0 Å². The second kappa shape index (κ2) is 5.41. The van der Waals surface area contributed by atoms with Crippen LogP contribution in [0.2, 0.25) is 0 Å². The Morgan fingerprint density at radius 3 is 1.85 bits per heavy atom. The van der Waals surface area contributed by atoms with Crippen LogP contribution < -0.4 is 25.9 Å². The molecule has 0 fully saturated rings. The lowest BCUT2D eigenvalue weighted by Gasteiger charge is -2.35. The monoisotopic (exact) mass is 351 g/mol. The van der Waals surface area contributed by atoms with Crippen LogP contribution in [0.4, 0.5) is 0 Å². The van der Waals surface area contributed by atoms with E-state index in [4.69, 9.17) is 9.47 Å². The van der Waals surface area contributed by atoms with Gasteiger partial charge < -0.3 is 9.47 Å². The van der Waals surface area contributed by atoms with Gasteiger partial charge in [0, 0.05) is 5.46 Å². The summed E-state index contributed by atoms with van der Waals surface area (Å²) in [6.07, 6.45) is 0. The molecule has 27 heavy (non-hydrogen) atoms. The van der Waals surface area contributed by atoms with Gasteiger partial charge in [-0.1, -0.05) is 36.4 Å². The molecule has 0 aliphatic carbocycles. The number of aryl methyl sites for hydroxylation is 2. The second-order valence-corrected chi connectivity index (χ2v) is 7.43. The zero-order chi connectivity index (χ0) is 18.9. The van der Waals surface area contributed by atoms with Gasteiger partial charge in [0.2, 0.25) is 0 Å². The van der Waals surface area contributed by atoms with Crippen LogP contribution in [-0.2, 0) is 0 Å². The Hall–Kier alpha value is -3.19. The van der Waals surface area contributed by atoms with Crippen molar-refractivity contribution in [2.24, 2.45) is 0 Å². The standard InChI is InChI=1S/C23H18BNO2/c1-12-7-5-9-17-20(12)26-22-15(4)14(3)16(11-25)23-19(22)24(17)18-10-6-8-13(2)21(18)27-23/h5-10H,1-4H3. The number of para-hydroxylation sites is 2. The fourth-order valence-electron chi connectivity index (χ4n) is 4.37. The highest BCUT2D eigenvalue weighted by atomic mass is 16.5. The largest absolute Gasteiger partial charge is 0.458 e. The van der Waals surface area contributed by atoms with Crippen molar-refractivity contribution < 1.29 is 9.47 Å². The van der Waals surface area contributed by atoms with Gasteiger partial charge in [-0.3, -0.25) is 0 Å². The highest BCUT2D eigenvalue weighted by Crippen LogP contribution is 2.41. The average Bonchev–Trinajstić information content (AvgIpc) is 2.67. The van der Waals surface area contributed by atoms with Crippen molar-refractivity contribution in [2.75, 3.05) is 0 Å². The van der Waals surface area contributed by atoms with Crippen molar-refractivity contribution in [1.82, 2.24) is 0 Å². The van der Waals surface area contributed by atoms with Crippen molar-refractivity contribution in [3.63, 3.8) is 0 Å². The third-order valence-corrected chi connectivity index (χ3v) is 5.91. The van der Waals surface area contributed by atoms with Crippen molar-refractivity contribution in [2.45, 2.75) is 27.7 Å². The Morgan fingerprint density at radius 1 is 0.741 bits per heavy atom. The predicted octanol–water partition coefficient (Wildman–Crippen LogP) is 3.52. The molecule has 0 saturated carbocycles. The maximum Gasteiger partial charge on any atom is 0.260 e. The summed E-state index contributed by atoms with van der Waals surface area (Å²) in [5, 5.41) is 9.85. The van der Waals surface area contributed by atoms with Gasteiger partial charge in [0.05, 0.1) is 5.56 Å². The smallest absolute Gasteiger partial charge is 0.260 e. The Labute approximate surface area is 159 Å². The van der Waals surface area contributed by atoms with E-state index >= 15 is 0 Å². The lowest BCUT2D eigenvalue weighted by molar-refractivity contribution is 0.456. The van der Waals surface area contributed by atoms with Crippen LogP contribution in [0.25, 0.3) is 0 Å². The van der Waals surface area contributed by atoms with Crippen molar-refractivity contribution in [1.29, 1.82) is 5.26 Å². The molecule has 4 heteroatoms. The van der Waals surface area contributed by atoms with Crippen LogP contribution in [-0.4, -0.2) is 6.71 Å². The summed E-state index contributed by atoms with van der Waals surface area (Å²) in [4.78, 5) is 0. The highest BCUT2D eigenvalue weighted by molar-refractivity contribution is 6.98. The van der Waals surface area contributed by atoms with Crippen LogP contribution in [0.3, 0.4) is 0 Å². The van der Waals surface area contributed by atoms with Crippen LogP contribution in [0, 0.1) is 39.0 Å². The molecule has 2 aliphatic heterocycles. The molecular weight excluding hydrogens is 333 g/mol. The summed E-state index contributed by atoms with van der Waals surface area (Å²) in [5.41, 5.74) is 7.94. The van der Waals surface area contributed by atoms with Gasteiger partial charge >= 0.3 is 0 Å².